The first-order chi connectivity index (χ1) is 14.8. The molecule has 1 fully saturated rings. The van der Waals surface area contributed by atoms with Crippen LogP contribution in [0.2, 0.25) is 0 Å². The van der Waals surface area contributed by atoms with Crippen molar-refractivity contribution in [3.8, 4) is 0 Å². The van der Waals surface area contributed by atoms with E-state index in [1.165, 1.54) is 0 Å². The molecule has 8 heteroatoms. The molecule has 1 aliphatic heterocycles. The lowest BCUT2D eigenvalue weighted by molar-refractivity contribution is -0.121. The monoisotopic (exact) mass is 423 g/mol. The summed E-state index contributed by atoms with van der Waals surface area (Å²) in [6, 6.07) is 10.3. The van der Waals surface area contributed by atoms with Crippen molar-refractivity contribution in [2.75, 3.05) is 23.7 Å². The van der Waals surface area contributed by atoms with Crippen molar-refractivity contribution < 1.29 is 14.4 Å². The molecule has 31 heavy (non-hydrogen) atoms. The van der Waals surface area contributed by atoms with Crippen LogP contribution >= 0.6 is 0 Å². The van der Waals surface area contributed by atoms with Crippen LogP contribution in [0.25, 0.3) is 0 Å². The minimum Gasteiger partial charge on any atom is -0.339 e. The number of piperidine rings is 1. The van der Waals surface area contributed by atoms with Crippen LogP contribution in [0, 0.1) is 12.8 Å². The Kier molecular flexibility index (Phi) is 7.23. The van der Waals surface area contributed by atoms with E-state index >= 15 is 0 Å². The van der Waals surface area contributed by atoms with Gasteiger partial charge in [-0.25, -0.2) is 9.78 Å². The van der Waals surface area contributed by atoms with Crippen molar-refractivity contribution in [2.45, 2.75) is 39.7 Å². The molecule has 0 atom stereocenters. The van der Waals surface area contributed by atoms with Gasteiger partial charge in [0.15, 0.2) is 0 Å². The number of carbonyl (C=O) groups is 3. The van der Waals surface area contributed by atoms with Gasteiger partial charge in [0.2, 0.25) is 5.91 Å². The largest absolute Gasteiger partial charge is 0.339 e. The second-order valence-corrected chi connectivity index (χ2v) is 8.10. The zero-order chi connectivity index (χ0) is 22.4. The maximum atomic E-state index is 12.8. The molecule has 0 unspecified atom stereocenters. The third-order valence-electron chi connectivity index (χ3n) is 5.13. The van der Waals surface area contributed by atoms with Gasteiger partial charge in [-0.05, 0) is 75.6 Å². The van der Waals surface area contributed by atoms with Crippen molar-refractivity contribution in [1.29, 1.82) is 0 Å². The summed E-state index contributed by atoms with van der Waals surface area (Å²) in [6.45, 7) is 6.76. The molecule has 8 nitrogen and oxygen atoms in total. The van der Waals surface area contributed by atoms with Crippen LogP contribution in [0.1, 0.15) is 42.6 Å². The number of aromatic nitrogens is 1. The number of urea groups is 1. The summed E-state index contributed by atoms with van der Waals surface area (Å²) in [5, 5.41) is 8.35. The summed E-state index contributed by atoms with van der Waals surface area (Å²) in [5.41, 5.74) is 2.21. The number of likely N-dealkylation sites (tertiary alicyclic amines) is 1. The van der Waals surface area contributed by atoms with E-state index in [4.69, 9.17) is 0 Å². The molecule has 1 aromatic heterocycles. The Morgan fingerprint density at radius 1 is 1.03 bits per heavy atom. The average molecular weight is 424 g/mol. The number of nitrogens with zero attached hydrogens (tertiary/aromatic N) is 2. The Bertz CT molecular complexity index is 934. The molecule has 0 saturated carbocycles. The minimum atomic E-state index is -0.282. The highest BCUT2D eigenvalue weighted by molar-refractivity contribution is 5.96. The topological polar surface area (TPSA) is 103 Å². The van der Waals surface area contributed by atoms with E-state index in [2.05, 4.69) is 20.9 Å². The van der Waals surface area contributed by atoms with Crippen molar-refractivity contribution in [2.24, 2.45) is 5.92 Å². The van der Waals surface area contributed by atoms with Crippen LogP contribution < -0.4 is 16.0 Å². The van der Waals surface area contributed by atoms with Crippen molar-refractivity contribution in [3.63, 3.8) is 0 Å². The Balaban J connectivity index is 1.50. The number of nitrogens with one attached hydrogen (secondary N) is 3. The molecular formula is C23H29N5O3. The Morgan fingerprint density at radius 2 is 1.71 bits per heavy atom. The number of aryl methyl sites for hydroxylation is 1. The maximum Gasteiger partial charge on any atom is 0.319 e. The van der Waals surface area contributed by atoms with Gasteiger partial charge in [-0.1, -0.05) is 0 Å². The second kappa shape index (κ2) is 10.1. The maximum absolute atomic E-state index is 12.8. The molecule has 0 radical (unpaired) electrons. The normalized spacial score (nSPS) is 14.3. The number of hydrogen-bond donors (Lipinski definition) is 3. The van der Waals surface area contributed by atoms with E-state index in [9.17, 15) is 14.4 Å². The molecule has 3 rings (SSSR count). The van der Waals surface area contributed by atoms with Crippen LogP contribution in [0.4, 0.5) is 16.3 Å². The zero-order valence-corrected chi connectivity index (χ0v) is 18.1. The molecule has 2 aromatic rings. The van der Waals surface area contributed by atoms with E-state index in [1.54, 1.807) is 35.4 Å². The first-order valence-corrected chi connectivity index (χ1v) is 10.5. The molecule has 1 saturated heterocycles. The van der Waals surface area contributed by atoms with Gasteiger partial charge in [-0.15, -0.1) is 0 Å². The van der Waals surface area contributed by atoms with E-state index < -0.39 is 0 Å². The van der Waals surface area contributed by atoms with Crippen molar-refractivity contribution >= 4 is 29.4 Å². The molecule has 1 aliphatic rings. The van der Waals surface area contributed by atoms with Gasteiger partial charge >= 0.3 is 6.03 Å². The fourth-order valence-corrected chi connectivity index (χ4v) is 3.49. The van der Waals surface area contributed by atoms with Gasteiger partial charge in [-0.2, -0.15) is 0 Å². The first-order valence-electron chi connectivity index (χ1n) is 10.5. The predicted octanol–water partition coefficient (Wildman–Crippen LogP) is 3.41. The van der Waals surface area contributed by atoms with Gasteiger partial charge in [0.25, 0.3) is 5.91 Å². The zero-order valence-electron chi connectivity index (χ0n) is 18.1. The Morgan fingerprint density at radius 3 is 2.32 bits per heavy atom. The highest BCUT2D eigenvalue weighted by Gasteiger charge is 2.28. The lowest BCUT2D eigenvalue weighted by Crippen LogP contribution is -2.41. The lowest BCUT2D eigenvalue weighted by atomic mass is 9.95. The molecule has 164 valence electrons. The Labute approximate surface area is 182 Å². The molecule has 1 aromatic carbocycles. The third kappa shape index (κ3) is 6.28. The molecular weight excluding hydrogens is 394 g/mol. The van der Waals surface area contributed by atoms with E-state index in [0.29, 0.717) is 43.0 Å². The number of hydrogen-bond acceptors (Lipinski definition) is 4. The molecule has 0 bridgehead atoms. The number of pyridine rings is 1. The third-order valence-corrected chi connectivity index (χ3v) is 5.13. The summed E-state index contributed by atoms with van der Waals surface area (Å²) in [6.07, 6.45) is 2.89. The standard InChI is InChI=1S/C23H29N5O3/c1-15(2)25-23(31)26-19-6-4-18(5-7-19)22(30)28-12-9-17(10-13-28)21(29)27-20-14-16(3)8-11-24-20/h4-8,11,14-15,17H,9-10,12-13H2,1-3H3,(H,24,27,29)(H2,25,26,31). The summed E-state index contributed by atoms with van der Waals surface area (Å²) in [7, 11) is 0. The molecule has 2 heterocycles. The van der Waals surface area contributed by atoms with Crippen LogP contribution in [0.3, 0.4) is 0 Å². The van der Waals surface area contributed by atoms with Crippen LogP contribution in [-0.4, -0.2) is 46.9 Å². The molecule has 4 amide bonds. The highest BCUT2D eigenvalue weighted by Crippen LogP contribution is 2.21. The fourth-order valence-electron chi connectivity index (χ4n) is 3.49. The smallest absolute Gasteiger partial charge is 0.319 e. The summed E-state index contributed by atoms with van der Waals surface area (Å²) in [5.74, 6) is 0.286. The van der Waals surface area contributed by atoms with Crippen molar-refractivity contribution in [3.05, 3.63) is 53.7 Å². The lowest BCUT2D eigenvalue weighted by Gasteiger charge is -2.31. The van der Waals surface area contributed by atoms with Crippen LogP contribution in [0.5, 0.6) is 0 Å². The molecule has 3 N–H and O–H groups in total. The van der Waals surface area contributed by atoms with Gasteiger partial charge in [0.05, 0.1) is 0 Å². The summed E-state index contributed by atoms with van der Waals surface area (Å²) in [4.78, 5) is 43.0. The summed E-state index contributed by atoms with van der Waals surface area (Å²) >= 11 is 0. The van der Waals surface area contributed by atoms with Crippen LogP contribution in [-0.2, 0) is 4.79 Å². The van der Waals surface area contributed by atoms with E-state index in [-0.39, 0.29) is 29.8 Å². The number of carbonyl (C=O) groups excluding carboxylic acids is 3. The second-order valence-electron chi connectivity index (χ2n) is 8.10. The number of anilines is 2. The molecule has 0 aliphatic carbocycles. The molecule has 0 spiro atoms. The van der Waals surface area contributed by atoms with Gasteiger partial charge in [0, 0.05) is 42.5 Å². The van der Waals surface area contributed by atoms with Crippen molar-refractivity contribution in [1.82, 2.24) is 15.2 Å². The number of rotatable bonds is 5. The fraction of sp³-hybridized carbons (Fsp3) is 0.391. The van der Waals surface area contributed by atoms with Gasteiger partial charge < -0.3 is 20.9 Å². The first kappa shape index (κ1) is 22.3. The predicted molar refractivity (Wildman–Crippen MR) is 120 cm³/mol. The number of benzene rings is 1. The van der Waals surface area contributed by atoms with Gasteiger partial charge in [0.1, 0.15) is 5.82 Å². The summed E-state index contributed by atoms with van der Waals surface area (Å²) < 4.78 is 0. The number of amides is 4. The van der Waals surface area contributed by atoms with Crippen LogP contribution in [0.15, 0.2) is 42.6 Å². The van der Waals surface area contributed by atoms with E-state index in [1.807, 2.05) is 32.9 Å². The highest BCUT2D eigenvalue weighted by atomic mass is 16.2. The quantitative estimate of drug-likeness (QED) is 0.686. The minimum absolute atomic E-state index is 0.0407. The van der Waals surface area contributed by atoms with Gasteiger partial charge in [-0.3, -0.25) is 9.59 Å². The van der Waals surface area contributed by atoms with E-state index in [0.717, 1.165) is 5.56 Å². The Hall–Kier alpha value is -3.42. The average Bonchev–Trinajstić information content (AvgIpc) is 2.73. The SMILES string of the molecule is Cc1ccnc(NC(=O)C2CCN(C(=O)c3ccc(NC(=O)NC(C)C)cc3)CC2)c1.